The van der Waals surface area contributed by atoms with Crippen LogP contribution in [0.15, 0.2) is 37.6 Å². The summed E-state index contributed by atoms with van der Waals surface area (Å²) in [5, 5.41) is 20.9. The number of H-pyrrole nitrogens is 2. The number of phosphoric ester groups is 1. The van der Waals surface area contributed by atoms with E-state index in [9.17, 15) is 34.0 Å². The van der Waals surface area contributed by atoms with Crippen LogP contribution in [0, 0.1) is 0 Å². The molecular weight excluding hydrogens is 587 g/mol. The van der Waals surface area contributed by atoms with Crippen LogP contribution < -0.4 is 22.5 Å². The summed E-state index contributed by atoms with van der Waals surface area (Å²) in [7, 11) is -1.98. The SMILES string of the molecule is CO[C@@H]1[C@H](O)[C@H]2CO[P@@](=O)(O[C@H]3[C@@H](OC)[C@H](n4ccc(=O)[nH]c4=O)O[C@@H]3CO)OCCCc3cn(c(=O)[nH]c3=O)[C@@H]1O2. The summed E-state index contributed by atoms with van der Waals surface area (Å²) >= 11 is 0. The Kier molecular flexibility index (Phi) is 9.10. The van der Waals surface area contributed by atoms with Crippen LogP contribution in [0.1, 0.15) is 24.4 Å². The van der Waals surface area contributed by atoms with Gasteiger partial charge in [-0.05, 0) is 12.8 Å². The van der Waals surface area contributed by atoms with Crippen LogP contribution in [0.25, 0.3) is 0 Å². The predicted molar refractivity (Wildman–Crippen MR) is 138 cm³/mol. The highest BCUT2D eigenvalue weighted by molar-refractivity contribution is 7.48. The molecule has 19 heteroatoms. The van der Waals surface area contributed by atoms with E-state index in [1.165, 1.54) is 26.6 Å². The third-order valence-corrected chi connectivity index (χ3v) is 8.72. The van der Waals surface area contributed by atoms with Crippen molar-refractivity contribution in [3.63, 3.8) is 0 Å². The molecule has 4 N–H and O–H groups in total. The lowest BCUT2D eigenvalue weighted by Gasteiger charge is -2.27. The molecule has 2 aromatic heterocycles. The number of aliphatic hydroxyl groups excluding tert-OH is 2. The van der Waals surface area contributed by atoms with Gasteiger partial charge in [-0.15, -0.1) is 0 Å². The number of aryl methyl sites for hydroxylation is 1. The molecule has 3 aliphatic rings. The fourth-order valence-electron chi connectivity index (χ4n) is 5.16. The number of hydrogen-bond donors (Lipinski definition) is 4. The Morgan fingerprint density at radius 3 is 2.40 bits per heavy atom. The summed E-state index contributed by atoms with van der Waals surface area (Å²) in [6, 6.07) is 1.09. The van der Waals surface area contributed by atoms with E-state index in [0.717, 1.165) is 15.2 Å². The van der Waals surface area contributed by atoms with Crippen molar-refractivity contribution in [3.8, 4) is 0 Å². The van der Waals surface area contributed by atoms with E-state index in [1.54, 1.807) is 0 Å². The van der Waals surface area contributed by atoms with Crippen LogP contribution in [0.3, 0.4) is 0 Å². The molecular formula is C23H31N4O14P. The Morgan fingerprint density at radius 1 is 1.00 bits per heavy atom. The fraction of sp³-hybridized carbons (Fsp3) is 0.652. The van der Waals surface area contributed by atoms with E-state index in [-0.39, 0.29) is 25.0 Å². The molecule has 9 atom stereocenters. The van der Waals surface area contributed by atoms with E-state index >= 15 is 0 Å². The molecule has 0 aromatic carbocycles. The summed E-state index contributed by atoms with van der Waals surface area (Å²) in [5.41, 5.74) is -2.67. The van der Waals surface area contributed by atoms with Crippen molar-refractivity contribution in [1.29, 1.82) is 0 Å². The second-order valence-electron chi connectivity index (χ2n) is 9.79. The molecule has 0 aliphatic carbocycles. The van der Waals surface area contributed by atoms with Gasteiger partial charge in [-0.3, -0.25) is 42.3 Å². The summed E-state index contributed by atoms with van der Waals surface area (Å²) in [5.74, 6) is 0. The Balaban J connectivity index is 1.43. The minimum absolute atomic E-state index is 0.0929. The van der Waals surface area contributed by atoms with Gasteiger partial charge < -0.3 is 29.2 Å². The topological polar surface area (TPSA) is 232 Å². The van der Waals surface area contributed by atoms with Crippen molar-refractivity contribution in [1.82, 2.24) is 19.1 Å². The van der Waals surface area contributed by atoms with Crippen LogP contribution in [0.2, 0.25) is 0 Å². The number of aliphatic hydroxyl groups is 2. The zero-order chi connectivity index (χ0) is 30.2. The number of nitrogens with one attached hydrogen (secondary N) is 2. The van der Waals surface area contributed by atoms with Gasteiger partial charge in [-0.2, -0.15) is 0 Å². The highest BCUT2D eigenvalue weighted by atomic mass is 31.2. The van der Waals surface area contributed by atoms with Gasteiger partial charge in [0.2, 0.25) is 0 Å². The number of aromatic amines is 2. The Bertz CT molecular complexity index is 1550. The standard InChI is InChI=1S/C23H31N4O14P/c1-35-17-15(30)13-10-38-42(34,37-7-3-4-11-8-27(20(17)40-13)23(33)25-19(11)31)41-16-12(9-28)39-21(18(16)36-2)26-6-5-14(29)24-22(26)32/h5-6,8,12-13,15-18,20-21,28,30H,3-4,7,9-10H2,1-2H3,(H,24,29,32)(H,25,31,33)/t12-,13-,15-,16-,17-,18-,20-,21-,42+/m1/s1. The smallest absolute Gasteiger partial charge is 0.394 e. The molecule has 0 radical (unpaired) electrons. The van der Waals surface area contributed by atoms with Crippen molar-refractivity contribution in [3.05, 3.63) is 65.7 Å². The molecule has 2 fully saturated rings. The van der Waals surface area contributed by atoms with Crippen LogP contribution in [-0.2, 0) is 43.5 Å². The van der Waals surface area contributed by atoms with E-state index in [0.29, 0.717) is 0 Å². The van der Waals surface area contributed by atoms with Crippen LogP contribution in [0.4, 0.5) is 0 Å². The zero-order valence-corrected chi connectivity index (χ0v) is 23.4. The van der Waals surface area contributed by atoms with Crippen LogP contribution in [-0.4, -0.2) is 100.0 Å². The monoisotopic (exact) mass is 618 g/mol. The minimum Gasteiger partial charge on any atom is -0.394 e. The van der Waals surface area contributed by atoms with Crippen molar-refractivity contribution in [2.75, 3.05) is 34.0 Å². The summed E-state index contributed by atoms with van der Waals surface area (Å²) in [6.07, 6.45) is -6.86. The normalized spacial score (nSPS) is 35.3. The number of nitrogens with zero attached hydrogens (tertiary/aromatic N) is 2. The second kappa shape index (κ2) is 12.5. The third kappa shape index (κ3) is 5.87. The fourth-order valence-corrected chi connectivity index (χ4v) is 6.60. The highest BCUT2D eigenvalue weighted by Crippen LogP contribution is 2.54. The van der Waals surface area contributed by atoms with Crippen molar-refractivity contribution < 1.29 is 47.3 Å². The molecule has 5 heterocycles. The number of methoxy groups -OCH3 is 2. The van der Waals surface area contributed by atoms with Gasteiger partial charge in [0.15, 0.2) is 12.5 Å². The number of aromatic nitrogens is 4. The molecule has 0 unspecified atom stereocenters. The maximum Gasteiger partial charge on any atom is 0.475 e. The van der Waals surface area contributed by atoms with Gasteiger partial charge in [0.05, 0.1) is 19.8 Å². The van der Waals surface area contributed by atoms with Gasteiger partial charge in [0.1, 0.15) is 36.6 Å². The number of fused-ring (bicyclic) bond motifs is 5. The van der Waals surface area contributed by atoms with Gasteiger partial charge >= 0.3 is 19.2 Å². The number of ether oxygens (including phenoxy) is 4. The quantitative estimate of drug-likeness (QED) is 0.250. The van der Waals surface area contributed by atoms with Gasteiger partial charge in [0.25, 0.3) is 11.1 Å². The first-order valence-corrected chi connectivity index (χ1v) is 14.4. The molecule has 4 bridgehead atoms. The van der Waals surface area contributed by atoms with Crippen molar-refractivity contribution in [2.45, 2.75) is 61.9 Å². The maximum absolute atomic E-state index is 14.0. The molecule has 18 nitrogen and oxygen atoms in total. The van der Waals surface area contributed by atoms with Crippen LogP contribution in [0.5, 0.6) is 0 Å². The maximum atomic E-state index is 14.0. The summed E-state index contributed by atoms with van der Waals surface area (Å²) < 4.78 is 55.5. The Morgan fingerprint density at radius 2 is 1.71 bits per heavy atom. The molecule has 2 saturated heterocycles. The lowest BCUT2D eigenvalue weighted by atomic mass is 10.1. The number of phosphoric acid groups is 1. The predicted octanol–water partition coefficient (Wildman–Crippen LogP) is -2.26. The highest BCUT2D eigenvalue weighted by Gasteiger charge is 2.52. The molecule has 5 rings (SSSR count). The number of hydrogen-bond acceptors (Lipinski definition) is 14. The minimum atomic E-state index is -4.56. The molecule has 3 aliphatic heterocycles. The summed E-state index contributed by atoms with van der Waals surface area (Å²) in [4.78, 5) is 53.3. The van der Waals surface area contributed by atoms with E-state index in [1.807, 2.05) is 0 Å². The summed E-state index contributed by atoms with van der Waals surface area (Å²) in [6.45, 7) is -1.42. The zero-order valence-electron chi connectivity index (χ0n) is 22.5. The second-order valence-corrected chi connectivity index (χ2v) is 11.4. The first-order valence-electron chi connectivity index (χ1n) is 13.0. The van der Waals surface area contributed by atoms with Gasteiger partial charge in [-0.1, -0.05) is 0 Å². The molecule has 42 heavy (non-hydrogen) atoms. The van der Waals surface area contributed by atoms with Gasteiger partial charge in [0, 0.05) is 38.2 Å². The van der Waals surface area contributed by atoms with E-state index < -0.39 is 92.6 Å². The molecule has 0 saturated carbocycles. The molecule has 0 amide bonds. The van der Waals surface area contributed by atoms with Crippen LogP contribution >= 0.6 is 7.82 Å². The molecule has 232 valence electrons. The third-order valence-electron chi connectivity index (χ3n) is 7.25. The molecule has 0 spiro atoms. The van der Waals surface area contributed by atoms with Crippen molar-refractivity contribution >= 4 is 7.82 Å². The van der Waals surface area contributed by atoms with E-state index in [4.69, 9.17) is 32.5 Å². The lowest BCUT2D eigenvalue weighted by Crippen LogP contribution is -2.40. The lowest BCUT2D eigenvalue weighted by molar-refractivity contribution is -0.0676. The molecule has 2 aromatic rings. The van der Waals surface area contributed by atoms with Crippen molar-refractivity contribution in [2.24, 2.45) is 0 Å². The Labute approximate surface area is 236 Å². The first kappa shape index (κ1) is 30.7. The largest absolute Gasteiger partial charge is 0.475 e. The first-order chi connectivity index (χ1) is 20.1. The van der Waals surface area contributed by atoms with E-state index in [2.05, 4.69) is 9.97 Å². The Hall–Kier alpha value is -2.77. The average molecular weight is 618 g/mol. The van der Waals surface area contributed by atoms with Gasteiger partial charge in [-0.25, -0.2) is 14.2 Å². The number of rotatable bonds is 6. The average Bonchev–Trinajstić information content (AvgIpc) is 3.46.